The van der Waals surface area contributed by atoms with Crippen molar-refractivity contribution in [2.75, 3.05) is 0 Å². The number of ether oxygens (including phenoxy) is 1. The standard InChI is InChI=1S/C9H12O2/c1-4-9(3,8-5-6-8)11-7(2)10/h1,8H,5-6H2,2-3H3. The van der Waals surface area contributed by atoms with Gasteiger partial charge in [-0.2, -0.15) is 0 Å². The van der Waals surface area contributed by atoms with Crippen LogP contribution in [0.3, 0.4) is 0 Å². The van der Waals surface area contributed by atoms with Gasteiger partial charge in [-0.3, -0.25) is 4.79 Å². The van der Waals surface area contributed by atoms with Crippen LogP contribution in [0.2, 0.25) is 0 Å². The molecule has 1 aliphatic rings. The first-order chi connectivity index (χ1) is 5.08. The van der Waals surface area contributed by atoms with Gasteiger partial charge in [0.05, 0.1) is 0 Å². The zero-order valence-electron chi connectivity index (χ0n) is 6.89. The molecule has 0 amide bonds. The number of rotatable bonds is 2. The van der Waals surface area contributed by atoms with E-state index in [4.69, 9.17) is 11.2 Å². The van der Waals surface area contributed by atoms with Crippen molar-refractivity contribution in [1.82, 2.24) is 0 Å². The van der Waals surface area contributed by atoms with Crippen molar-refractivity contribution in [3.63, 3.8) is 0 Å². The number of esters is 1. The Hall–Kier alpha value is -0.970. The van der Waals surface area contributed by atoms with E-state index in [-0.39, 0.29) is 5.97 Å². The molecule has 1 atom stereocenters. The lowest BCUT2D eigenvalue weighted by atomic mass is 10.0. The quantitative estimate of drug-likeness (QED) is 0.441. The molecule has 0 bridgehead atoms. The van der Waals surface area contributed by atoms with Gasteiger partial charge in [-0.25, -0.2) is 0 Å². The minimum Gasteiger partial charge on any atom is -0.446 e. The monoisotopic (exact) mass is 152 g/mol. The molecule has 1 saturated carbocycles. The molecule has 1 aliphatic carbocycles. The molecule has 11 heavy (non-hydrogen) atoms. The van der Waals surface area contributed by atoms with Crippen LogP contribution in [0.1, 0.15) is 26.7 Å². The summed E-state index contributed by atoms with van der Waals surface area (Å²) >= 11 is 0. The van der Waals surface area contributed by atoms with Crippen LogP contribution in [0.5, 0.6) is 0 Å². The highest BCUT2D eigenvalue weighted by Crippen LogP contribution is 2.41. The summed E-state index contributed by atoms with van der Waals surface area (Å²) in [5, 5.41) is 0. The van der Waals surface area contributed by atoms with Gasteiger partial charge in [-0.15, -0.1) is 6.42 Å². The van der Waals surface area contributed by atoms with Gasteiger partial charge in [0.15, 0.2) is 5.60 Å². The summed E-state index contributed by atoms with van der Waals surface area (Å²) in [5.74, 6) is 2.62. The van der Waals surface area contributed by atoms with Crippen molar-refractivity contribution in [2.45, 2.75) is 32.3 Å². The Kier molecular flexibility index (Phi) is 1.90. The molecule has 0 N–H and O–H groups in total. The van der Waals surface area contributed by atoms with E-state index in [0.717, 1.165) is 12.8 Å². The average molecular weight is 152 g/mol. The zero-order valence-corrected chi connectivity index (χ0v) is 6.89. The van der Waals surface area contributed by atoms with Gasteiger partial charge < -0.3 is 4.74 Å². The summed E-state index contributed by atoms with van der Waals surface area (Å²) in [7, 11) is 0. The van der Waals surface area contributed by atoms with Crippen molar-refractivity contribution in [1.29, 1.82) is 0 Å². The fourth-order valence-electron chi connectivity index (χ4n) is 1.16. The lowest BCUT2D eigenvalue weighted by Crippen LogP contribution is -2.31. The third kappa shape index (κ3) is 1.74. The highest BCUT2D eigenvalue weighted by molar-refractivity contribution is 5.67. The lowest BCUT2D eigenvalue weighted by molar-refractivity contribution is -0.151. The fraction of sp³-hybridized carbons (Fsp3) is 0.667. The Bertz CT molecular complexity index is 210. The second-order valence-corrected chi connectivity index (χ2v) is 3.12. The number of carbonyl (C=O) groups is 1. The first-order valence-electron chi connectivity index (χ1n) is 3.76. The third-order valence-electron chi connectivity index (χ3n) is 2.00. The van der Waals surface area contributed by atoms with Crippen LogP contribution in [0.4, 0.5) is 0 Å². The Morgan fingerprint density at radius 1 is 1.73 bits per heavy atom. The molecule has 0 radical (unpaired) electrons. The van der Waals surface area contributed by atoms with Gasteiger partial charge in [0.1, 0.15) is 0 Å². The first kappa shape index (κ1) is 8.13. The number of carbonyl (C=O) groups excluding carboxylic acids is 1. The van der Waals surface area contributed by atoms with Crippen LogP contribution in [0.15, 0.2) is 0 Å². The summed E-state index contributed by atoms with van der Waals surface area (Å²) < 4.78 is 5.04. The van der Waals surface area contributed by atoms with E-state index in [1.165, 1.54) is 6.92 Å². The normalized spacial score (nSPS) is 21.5. The minimum absolute atomic E-state index is 0.294. The molecular weight excluding hydrogens is 140 g/mol. The summed E-state index contributed by atoms with van der Waals surface area (Å²) in [5.41, 5.74) is -0.647. The predicted octanol–water partition coefficient (Wildman–Crippen LogP) is 1.35. The van der Waals surface area contributed by atoms with E-state index >= 15 is 0 Å². The molecule has 60 valence electrons. The summed E-state index contributed by atoms with van der Waals surface area (Å²) in [4.78, 5) is 10.6. The van der Waals surface area contributed by atoms with Crippen LogP contribution in [0.25, 0.3) is 0 Å². The van der Waals surface area contributed by atoms with Crippen LogP contribution in [-0.2, 0) is 9.53 Å². The van der Waals surface area contributed by atoms with Crippen LogP contribution < -0.4 is 0 Å². The highest BCUT2D eigenvalue weighted by Gasteiger charge is 2.42. The molecule has 2 nitrogen and oxygen atoms in total. The molecule has 2 heteroatoms. The summed E-state index contributed by atoms with van der Waals surface area (Å²) in [6.07, 6.45) is 7.42. The second-order valence-electron chi connectivity index (χ2n) is 3.12. The van der Waals surface area contributed by atoms with Crippen molar-refractivity contribution >= 4 is 5.97 Å². The maximum Gasteiger partial charge on any atom is 0.304 e. The van der Waals surface area contributed by atoms with Crippen LogP contribution >= 0.6 is 0 Å². The Morgan fingerprint density at radius 3 is 2.55 bits per heavy atom. The summed E-state index contributed by atoms with van der Waals surface area (Å²) in [6.45, 7) is 3.18. The molecule has 0 saturated heterocycles. The Labute approximate surface area is 66.9 Å². The highest BCUT2D eigenvalue weighted by atomic mass is 16.6. The van der Waals surface area contributed by atoms with Gasteiger partial charge in [0.25, 0.3) is 0 Å². The fourth-order valence-corrected chi connectivity index (χ4v) is 1.16. The maximum atomic E-state index is 10.6. The molecule has 1 fully saturated rings. The van der Waals surface area contributed by atoms with Crippen molar-refractivity contribution in [3.8, 4) is 12.3 Å². The van der Waals surface area contributed by atoms with Crippen molar-refractivity contribution < 1.29 is 9.53 Å². The molecule has 1 unspecified atom stereocenters. The predicted molar refractivity (Wildman–Crippen MR) is 41.7 cm³/mol. The van der Waals surface area contributed by atoms with E-state index < -0.39 is 5.60 Å². The Morgan fingerprint density at radius 2 is 2.27 bits per heavy atom. The SMILES string of the molecule is C#CC(C)(OC(C)=O)C1CC1. The van der Waals surface area contributed by atoms with E-state index in [2.05, 4.69) is 5.92 Å². The number of hydrogen-bond acceptors (Lipinski definition) is 2. The van der Waals surface area contributed by atoms with Gasteiger partial charge in [-0.1, -0.05) is 5.92 Å². The molecular formula is C9H12O2. The topological polar surface area (TPSA) is 26.3 Å². The average Bonchev–Trinajstić information content (AvgIpc) is 2.66. The Balaban J connectivity index is 2.60. The number of terminal acetylenes is 1. The van der Waals surface area contributed by atoms with Gasteiger partial charge in [0.2, 0.25) is 0 Å². The van der Waals surface area contributed by atoms with Crippen LogP contribution in [-0.4, -0.2) is 11.6 Å². The van der Waals surface area contributed by atoms with Crippen molar-refractivity contribution in [3.05, 3.63) is 0 Å². The van der Waals surface area contributed by atoms with Gasteiger partial charge in [0, 0.05) is 12.8 Å². The number of hydrogen-bond donors (Lipinski definition) is 0. The smallest absolute Gasteiger partial charge is 0.304 e. The van der Waals surface area contributed by atoms with Gasteiger partial charge in [-0.05, 0) is 19.8 Å². The molecule has 0 spiro atoms. The van der Waals surface area contributed by atoms with E-state index in [1.807, 2.05) is 0 Å². The summed E-state index contributed by atoms with van der Waals surface area (Å²) in [6, 6.07) is 0. The second kappa shape index (κ2) is 2.58. The van der Waals surface area contributed by atoms with Gasteiger partial charge >= 0.3 is 5.97 Å². The zero-order chi connectivity index (χ0) is 8.48. The van der Waals surface area contributed by atoms with E-state index in [9.17, 15) is 4.79 Å². The molecule has 0 aromatic rings. The lowest BCUT2D eigenvalue weighted by Gasteiger charge is -2.22. The minimum atomic E-state index is -0.647. The molecule has 0 aromatic carbocycles. The first-order valence-corrected chi connectivity index (χ1v) is 3.76. The molecule has 1 rings (SSSR count). The van der Waals surface area contributed by atoms with E-state index in [1.54, 1.807) is 6.92 Å². The van der Waals surface area contributed by atoms with Crippen LogP contribution in [0, 0.1) is 18.3 Å². The molecule has 0 heterocycles. The van der Waals surface area contributed by atoms with Crippen molar-refractivity contribution in [2.24, 2.45) is 5.92 Å². The maximum absolute atomic E-state index is 10.6. The van der Waals surface area contributed by atoms with E-state index in [0.29, 0.717) is 5.92 Å². The third-order valence-corrected chi connectivity index (χ3v) is 2.00. The largest absolute Gasteiger partial charge is 0.446 e. The molecule has 0 aliphatic heterocycles. The molecule has 0 aromatic heterocycles.